The summed E-state index contributed by atoms with van der Waals surface area (Å²) in [6, 6.07) is 0.185. The summed E-state index contributed by atoms with van der Waals surface area (Å²) in [7, 11) is 0. The van der Waals surface area contributed by atoms with Gasteiger partial charge in [-0.25, -0.2) is 0 Å². The average Bonchev–Trinajstić information content (AvgIpc) is 2.16. The van der Waals surface area contributed by atoms with E-state index in [4.69, 9.17) is 0 Å². The second-order valence-electron chi connectivity index (χ2n) is 3.14. The van der Waals surface area contributed by atoms with Gasteiger partial charge in [0.2, 0.25) is 5.91 Å². The lowest BCUT2D eigenvalue weighted by Gasteiger charge is -2.37. The lowest BCUT2D eigenvalue weighted by Crippen LogP contribution is -2.51. The molecule has 1 heterocycles. The summed E-state index contributed by atoms with van der Waals surface area (Å²) >= 11 is 0. The van der Waals surface area contributed by atoms with Crippen LogP contribution >= 0.6 is 0 Å². The first-order valence-electron chi connectivity index (χ1n) is 4.33. The maximum absolute atomic E-state index is 11.3. The first-order valence-corrected chi connectivity index (χ1v) is 4.33. The van der Waals surface area contributed by atoms with Crippen LogP contribution in [0.3, 0.4) is 0 Å². The molecule has 4 heteroatoms. The molecule has 1 unspecified atom stereocenters. The summed E-state index contributed by atoms with van der Waals surface area (Å²) in [6.45, 7) is 11.1. The molecule has 1 aliphatic heterocycles. The minimum atomic E-state index is -0.00351. The number of hydrazone groups is 1. The van der Waals surface area contributed by atoms with Crippen molar-refractivity contribution < 1.29 is 4.79 Å². The summed E-state index contributed by atoms with van der Waals surface area (Å²) in [5, 5.41) is 5.71. The first kappa shape index (κ1) is 9.77. The Bertz CT molecular complexity index is 227. The van der Waals surface area contributed by atoms with E-state index in [9.17, 15) is 4.79 Å². The molecule has 1 fully saturated rings. The number of nitrogens with zero attached hydrogens (tertiary/aromatic N) is 3. The van der Waals surface area contributed by atoms with Gasteiger partial charge in [-0.05, 0) is 13.0 Å². The molecule has 4 nitrogen and oxygen atoms in total. The number of carbonyl (C=O) groups excluding carboxylic acids is 1. The van der Waals surface area contributed by atoms with Gasteiger partial charge < -0.3 is 4.90 Å². The maximum Gasteiger partial charge on any atom is 0.246 e. The number of piperazine rings is 1. The van der Waals surface area contributed by atoms with E-state index in [1.165, 1.54) is 6.08 Å². The number of amides is 1. The quantitative estimate of drug-likeness (QED) is 0.454. The van der Waals surface area contributed by atoms with Gasteiger partial charge in [0, 0.05) is 19.3 Å². The Kier molecular flexibility index (Phi) is 3.06. The van der Waals surface area contributed by atoms with Crippen LogP contribution in [0.5, 0.6) is 0 Å². The van der Waals surface area contributed by atoms with Gasteiger partial charge in [-0.1, -0.05) is 6.58 Å². The number of rotatable bonds is 2. The summed E-state index contributed by atoms with van der Waals surface area (Å²) in [5.74, 6) is -0.00351. The van der Waals surface area contributed by atoms with Gasteiger partial charge in [0.05, 0.1) is 13.1 Å². The molecule has 0 aromatic carbocycles. The lowest BCUT2D eigenvalue weighted by molar-refractivity contribution is -0.130. The molecule has 1 saturated heterocycles. The van der Waals surface area contributed by atoms with E-state index >= 15 is 0 Å². The van der Waals surface area contributed by atoms with Crippen LogP contribution in [0.4, 0.5) is 0 Å². The second-order valence-corrected chi connectivity index (χ2v) is 3.14. The third-order valence-electron chi connectivity index (χ3n) is 2.26. The smallest absolute Gasteiger partial charge is 0.246 e. The highest BCUT2D eigenvalue weighted by Crippen LogP contribution is 2.09. The van der Waals surface area contributed by atoms with Gasteiger partial charge in [-0.15, -0.1) is 0 Å². The highest BCUT2D eigenvalue weighted by molar-refractivity contribution is 5.87. The van der Waals surface area contributed by atoms with Crippen molar-refractivity contribution >= 4 is 12.6 Å². The molecule has 72 valence electrons. The maximum atomic E-state index is 11.3. The summed E-state index contributed by atoms with van der Waals surface area (Å²) < 4.78 is 0. The molecule has 1 amide bonds. The molecule has 0 aliphatic carbocycles. The van der Waals surface area contributed by atoms with Crippen LogP contribution in [0.2, 0.25) is 0 Å². The molecule has 13 heavy (non-hydrogen) atoms. The average molecular weight is 181 g/mol. The molecule has 0 saturated carbocycles. The van der Waals surface area contributed by atoms with Crippen LogP contribution in [-0.2, 0) is 4.79 Å². The molecule has 0 spiro atoms. The van der Waals surface area contributed by atoms with E-state index in [2.05, 4.69) is 18.4 Å². The number of hydrogen-bond donors (Lipinski definition) is 0. The van der Waals surface area contributed by atoms with Crippen molar-refractivity contribution in [1.29, 1.82) is 0 Å². The Morgan fingerprint density at radius 3 is 2.77 bits per heavy atom. The van der Waals surface area contributed by atoms with Gasteiger partial charge >= 0.3 is 0 Å². The zero-order valence-electron chi connectivity index (χ0n) is 7.94. The summed E-state index contributed by atoms with van der Waals surface area (Å²) in [6.07, 6.45) is 1.35. The minimum absolute atomic E-state index is 0.00351. The van der Waals surface area contributed by atoms with Crippen LogP contribution in [-0.4, -0.2) is 48.2 Å². The van der Waals surface area contributed by atoms with E-state index in [0.717, 1.165) is 13.1 Å². The van der Waals surface area contributed by atoms with Crippen molar-refractivity contribution in [3.8, 4) is 0 Å². The Balaban J connectivity index is 2.57. The van der Waals surface area contributed by atoms with Crippen molar-refractivity contribution in [3.63, 3.8) is 0 Å². The molecular formula is C9H15N3O. The van der Waals surface area contributed by atoms with Crippen molar-refractivity contribution in [2.24, 2.45) is 5.10 Å². The van der Waals surface area contributed by atoms with E-state index in [1.54, 1.807) is 4.90 Å². The fourth-order valence-corrected chi connectivity index (χ4v) is 1.51. The minimum Gasteiger partial charge on any atom is -0.333 e. The number of hydrogen-bond acceptors (Lipinski definition) is 3. The fraction of sp³-hybridized carbons (Fsp3) is 0.556. The third kappa shape index (κ3) is 2.08. The molecule has 1 rings (SSSR count). The monoisotopic (exact) mass is 181 g/mol. The van der Waals surface area contributed by atoms with Crippen LogP contribution < -0.4 is 0 Å². The third-order valence-corrected chi connectivity index (χ3v) is 2.26. The largest absolute Gasteiger partial charge is 0.333 e. The second kappa shape index (κ2) is 4.07. The van der Waals surface area contributed by atoms with Gasteiger partial charge in [-0.2, -0.15) is 5.10 Å². The molecular weight excluding hydrogens is 166 g/mol. The van der Waals surface area contributed by atoms with E-state index < -0.39 is 0 Å². The Labute approximate surface area is 78.5 Å². The fourth-order valence-electron chi connectivity index (χ4n) is 1.51. The molecule has 0 aromatic heterocycles. The predicted molar refractivity (Wildman–Crippen MR) is 52.5 cm³/mol. The van der Waals surface area contributed by atoms with Gasteiger partial charge in [0.1, 0.15) is 0 Å². The highest BCUT2D eigenvalue weighted by atomic mass is 16.2. The van der Waals surface area contributed by atoms with Crippen molar-refractivity contribution in [1.82, 2.24) is 9.91 Å². The molecule has 0 radical (unpaired) electrons. The molecule has 0 aromatic rings. The highest BCUT2D eigenvalue weighted by Gasteiger charge is 2.24. The Morgan fingerprint density at radius 2 is 2.31 bits per heavy atom. The van der Waals surface area contributed by atoms with Gasteiger partial charge in [0.25, 0.3) is 0 Å². The SMILES string of the molecule is C=CC(=O)N1CCN(N=C)CC1C. The zero-order valence-corrected chi connectivity index (χ0v) is 7.94. The molecule has 0 bridgehead atoms. The van der Waals surface area contributed by atoms with Gasteiger partial charge in [-0.3, -0.25) is 9.80 Å². The van der Waals surface area contributed by atoms with Gasteiger partial charge in [0.15, 0.2) is 0 Å². The molecule has 1 aliphatic rings. The lowest BCUT2D eigenvalue weighted by atomic mass is 10.2. The Morgan fingerprint density at radius 1 is 1.62 bits per heavy atom. The summed E-state index contributed by atoms with van der Waals surface area (Å²) in [4.78, 5) is 13.1. The van der Waals surface area contributed by atoms with Crippen LogP contribution in [0.1, 0.15) is 6.92 Å². The summed E-state index contributed by atoms with van der Waals surface area (Å²) in [5.41, 5.74) is 0. The zero-order chi connectivity index (χ0) is 9.84. The van der Waals surface area contributed by atoms with Crippen LogP contribution in [0, 0.1) is 0 Å². The molecule has 1 atom stereocenters. The predicted octanol–water partition coefficient (Wildman–Crippen LogP) is 0.321. The molecule has 0 N–H and O–H groups in total. The van der Waals surface area contributed by atoms with Crippen molar-refractivity contribution in [2.75, 3.05) is 19.6 Å². The van der Waals surface area contributed by atoms with Crippen LogP contribution in [0.15, 0.2) is 17.8 Å². The first-order chi connectivity index (χ1) is 6.19. The topological polar surface area (TPSA) is 35.9 Å². The number of carbonyl (C=O) groups is 1. The van der Waals surface area contributed by atoms with E-state index in [1.807, 2.05) is 11.9 Å². The van der Waals surface area contributed by atoms with E-state index in [-0.39, 0.29) is 11.9 Å². The van der Waals surface area contributed by atoms with Crippen molar-refractivity contribution in [3.05, 3.63) is 12.7 Å². The van der Waals surface area contributed by atoms with E-state index in [0.29, 0.717) is 6.54 Å². The van der Waals surface area contributed by atoms with Crippen molar-refractivity contribution in [2.45, 2.75) is 13.0 Å². The van der Waals surface area contributed by atoms with Crippen LogP contribution in [0.25, 0.3) is 0 Å². The standard InChI is InChI=1S/C9H15N3O/c1-4-9(13)12-6-5-11(10-3)7-8(12)2/h4,8H,1,3,5-7H2,2H3. The Hall–Kier alpha value is -1.32. The normalized spacial score (nSPS) is 22.7.